The molecule has 1 nitrogen and oxygen atoms in total. The van der Waals surface area contributed by atoms with Gasteiger partial charge in [0.05, 0.1) is 4.20 Å². The first kappa shape index (κ1) is 9.06. The van der Waals surface area contributed by atoms with Gasteiger partial charge in [-0.25, -0.2) is 0 Å². The molecule has 0 aromatic heterocycles. The highest BCUT2D eigenvalue weighted by Crippen LogP contribution is 2.21. The van der Waals surface area contributed by atoms with E-state index in [0.29, 0.717) is 5.02 Å². The number of rotatable bonds is 1. The van der Waals surface area contributed by atoms with E-state index >= 15 is 0 Å². The molecule has 0 fully saturated rings. The van der Waals surface area contributed by atoms with Crippen molar-refractivity contribution < 1.29 is 4.79 Å². The molecule has 1 aromatic carbocycles. The van der Waals surface area contributed by atoms with Crippen molar-refractivity contribution in [2.75, 3.05) is 0 Å². The van der Waals surface area contributed by atoms with Gasteiger partial charge in [-0.1, -0.05) is 23.7 Å². The summed E-state index contributed by atoms with van der Waals surface area (Å²) in [5.41, 5.74) is 1.06. The minimum absolute atomic E-state index is 0.106. The standard InChI is InChI=1S/C9H5ClOS2/c10-7-3-1-6(2-4-7)9-12-5-8(11)13-9/h1-5H. The van der Waals surface area contributed by atoms with Crippen LogP contribution in [-0.2, 0) is 4.79 Å². The second kappa shape index (κ2) is 3.70. The number of benzene rings is 1. The Morgan fingerprint density at radius 1 is 1.15 bits per heavy atom. The molecule has 1 aliphatic rings. The van der Waals surface area contributed by atoms with E-state index < -0.39 is 0 Å². The zero-order chi connectivity index (χ0) is 9.26. The largest absolute Gasteiger partial charge is 0.281 e. The van der Waals surface area contributed by atoms with Crippen molar-refractivity contribution in [3.63, 3.8) is 0 Å². The molecule has 66 valence electrons. The van der Waals surface area contributed by atoms with Gasteiger partial charge in [-0.05, 0) is 29.5 Å². The predicted molar refractivity (Wildman–Crippen MR) is 61.8 cm³/mol. The molecule has 0 N–H and O–H groups in total. The molecule has 0 saturated heterocycles. The van der Waals surface area contributed by atoms with Gasteiger partial charge in [-0.15, -0.1) is 10.9 Å². The molecule has 1 heterocycles. The summed E-state index contributed by atoms with van der Waals surface area (Å²) in [6, 6.07) is 7.50. The lowest BCUT2D eigenvalue weighted by Crippen LogP contribution is -1.93. The van der Waals surface area contributed by atoms with E-state index in [4.69, 9.17) is 11.6 Å². The van der Waals surface area contributed by atoms with Crippen molar-refractivity contribution in [3.05, 3.63) is 34.9 Å². The Hall–Kier alpha value is -0.510. The maximum atomic E-state index is 10.9. The topological polar surface area (TPSA) is 17.1 Å². The van der Waals surface area contributed by atoms with Gasteiger partial charge in [0.2, 0.25) is 5.12 Å². The first-order chi connectivity index (χ1) is 6.25. The summed E-state index contributed by atoms with van der Waals surface area (Å²) < 4.78 is 1.03. The van der Waals surface area contributed by atoms with Gasteiger partial charge in [0, 0.05) is 10.4 Å². The molecule has 1 aromatic rings. The summed E-state index contributed by atoms with van der Waals surface area (Å²) in [6.45, 7) is 0. The molecular weight excluding hydrogens is 224 g/mol. The third-order valence-corrected chi connectivity index (χ3v) is 4.00. The van der Waals surface area contributed by atoms with Crippen LogP contribution in [-0.4, -0.2) is 14.7 Å². The van der Waals surface area contributed by atoms with Crippen molar-refractivity contribution in [1.82, 2.24) is 0 Å². The summed E-state index contributed by atoms with van der Waals surface area (Å²) in [5, 5.41) is 2.44. The lowest BCUT2D eigenvalue weighted by atomic mass is 10.2. The fraction of sp³-hybridized carbons (Fsp3) is 0. The second-order valence-electron chi connectivity index (χ2n) is 2.45. The maximum Gasteiger partial charge on any atom is 0.227 e. The minimum atomic E-state index is 0.106. The van der Waals surface area contributed by atoms with Gasteiger partial charge in [-0.3, -0.25) is 4.79 Å². The molecule has 1 aliphatic heterocycles. The SMILES string of the molecule is O=C1C=S=C(c2ccc(Cl)cc2)S1. The molecule has 0 spiro atoms. The van der Waals surface area contributed by atoms with E-state index in [1.165, 1.54) is 22.7 Å². The number of hydrogen-bond donors (Lipinski definition) is 0. The molecule has 0 saturated carbocycles. The number of carbonyl (C=O) groups excluding carboxylic acids is 1. The number of halogens is 1. The van der Waals surface area contributed by atoms with E-state index in [9.17, 15) is 4.79 Å². The van der Waals surface area contributed by atoms with Crippen LogP contribution >= 0.6 is 34.3 Å². The first-order valence-corrected chi connectivity index (χ1v) is 5.68. The van der Waals surface area contributed by atoms with Crippen LogP contribution in [0.5, 0.6) is 0 Å². The van der Waals surface area contributed by atoms with Crippen LogP contribution in [0.3, 0.4) is 0 Å². The fourth-order valence-electron chi connectivity index (χ4n) is 0.954. The normalized spacial score (nSPS) is 15.5. The summed E-state index contributed by atoms with van der Waals surface area (Å²) >= 11 is 7.02. The van der Waals surface area contributed by atoms with Crippen molar-refractivity contribution in [1.29, 1.82) is 0 Å². The Morgan fingerprint density at radius 2 is 1.85 bits per heavy atom. The van der Waals surface area contributed by atoms with Crippen molar-refractivity contribution in [3.8, 4) is 0 Å². The minimum Gasteiger partial charge on any atom is -0.281 e. The zero-order valence-corrected chi connectivity index (χ0v) is 8.88. The van der Waals surface area contributed by atoms with E-state index in [1.807, 2.05) is 24.3 Å². The van der Waals surface area contributed by atoms with Crippen LogP contribution in [0.15, 0.2) is 24.3 Å². The molecule has 0 radical (unpaired) electrons. The lowest BCUT2D eigenvalue weighted by Gasteiger charge is -1.98. The third kappa shape index (κ3) is 2.05. The van der Waals surface area contributed by atoms with Gasteiger partial charge in [-0.2, -0.15) is 0 Å². The highest BCUT2D eigenvalue weighted by Gasteiger charge is 2.11. The zero-order valence-electron chi connectivity index (χ0n) is 6.49. The van der Waals surface area contributed by atoms with Gasteiger partial charge in [0.15, 0.2) is 0 Å². The molecule has 0 bridgehead atoms. The van der Waals surface area contributed by atoms with Crippen molar-refractivity contribution in [2.45, 2.75) is 0 Å². The smallest absolute Gasteiger partial charge is 0.227 e. The summed E-state index contributed by atoms with van der Waals surface area (Å²) in [5.74, 6) is 0. The van der Waals surface area contributed by atoms with Crippen LogP contribution in [0.25, 0.3) is 0 Å². The summed E-state index contributed by atoms with van der Waals surface area (Å²) in [4.78, 5) is 10.9. The van der Waals surface area contributed by atoms with E-state index in [1.54, 1.807) is 5.37 Å². The monoisotopic (exact) mass is 228 g/mol. The average molecular weight is 229 g/mol. The fourth-order valence-corrected chi connectivity index (χ4v) is 2.91. The molecule has 0 unspecified atom stereocenters. The average Bonchev–Trinajstić information content (AvgIpc) is 2.53. The van der Waals surface area contributed by atoms with Gasteiger partial charge < -0.3 is 0 Å². The summed E-state index contributed by atoms with van der Waals surface area (Å²) in [7, 11) is 1.47. The highest BCUT2D eigenvalue weighted by molar-refractivity contribution is 8.41. The molecule has 4 heteroatoms. The Labute approximate surface area is 88.6 Å². The number of carbonyl (C=O) groups is 1. The van der Waals surface area contributed by atoms with Crippen molar-refractivity contribution in [2.24, 2.45) is 0 Å². The summed E-state index contributed by atoms with van der Waals surface area (Å²) in [6.07, 6.45) is 0. The lowest BCUT2D eigenvalue weighted by molar-refractivity contribution is -0.105. The highest BCUT2D eigenvalue weighted by atomic mass is 35.5. The predicted octanol–water partition coefficient (Wildman–Crippen LogP) is 2.63. The van der Waals surface area contributed by atoms with Crippen LogP contribution in [0.4, 0.5) is 0 Å². The molecular formula is C9H5ClOS2. The Kier molecular flexibility index (Phi) is 2.58. The molecule has 0 aliphatic carbocycles. The van der Waals surface area contributed by atoms with Crippen LogP contribution in [0, 0.1) is 0 Å². The van der Waals surface area contributed by atoms with Gasteiger partial charge in [0.25, 0.3) is 0 Å². The van der Waals surface area contributed by atoms with Gasteiger partial charge >= 0.3 is 0 Å². The van der Waals surface area contributed by atoms with Gasteiger partial charge in [0.1, 0.15) is 0 Å². The van der Waals surface area contributed by atoms with Crippen LogP contribution < -0.4 is 0 Å². The van der Waals surface area contributed by atoms with Crippen LogP contribution in [0.2, 0.25) is 5.02 Å². The first-order valence-electron chi connectivity index (χ1n) is 3.60. The van der Waals surface area contributed by atoms with Crippen LogP contribution in [0.1, 0.15) is 5.56 Å². The van der Waals surface area contributed by atoms with E-state index in [0.717, 1.165) is 9.76 Å². The Balaban J connectivity index is 2.33. The van der Waals surface area contributed by atoms with Crippen molar-refractivity contribution >= 4 is 49.0 Å². The second-order valence-corrected chi connectivity index (χ2v) is 5.04. The number of thioether (sulfide) groups is 1. The molecule has 13 heavy (non-hydrogen) atoms. The van der Waals surface area contributed by atoms with E-state index in [-0.39, 0.29) is 5.12 Å². The molecule has 0 amide bonds. The molecule has 0 atom stereocenters. The third-order valence-electron chi connectivity index (χ3n) is 1.54. The van der Waals surface area contributed by atoms with E-state index in [2.05, 4.69) is 0 Å². The number of hydrogen-bond acceptors (Lipinski definition) is 2. The quantitative estimate of drug-likeness (QED) is 0.688. The molecule has 2 rings (SSSR count). The Bertz CT molecular complexity index is 416. The maximum absolute atomic E-state index is 10.9. The Morgan fingerprint density at radius 3 is 2.38 bits per heavy atom.